The second-order valence-corrected chi connectivity index (χ2v) is 4.85. The molecule has 0 saturated carbocycles. The summed E-state index contributed by atoms with van der Waals surface area (Å²) in [6, 6.07) is 1.45. The summed E-state index contributed by atoms with van der Waals surface area (Å²) in [5.41, 5.74) is 6.36. The van der Waals surface area contributed by atoms with Gasteiger partial charge in [-0.1, -0.05) is 13.8 Å². The summed E-state index contributed by atoms with van der Waals surface area (Å²) in [5, 5.41) is 3.12. The second kappa shape index (κ2) is 5.66. The Labute approximate surface area is 108 Å². The Hall–Kier alpha value is -1.85. The van der Waals surface area contributed by atoms with Gasteiger partial charge in [0.05, 0.1) is 0 Å². The molecule has 3 N–H and O–H groups in total. The Morgan fingerprint density at radius 3 is 2.44 bits per heavy atom. The summed E-state index contributed by atoms with van der Waals surface area (Å²) in [6.45, 7) is 5.80. The van der Waals surface area contributed by atoms with Crippen molar-refractivity contribution in [2.75, 3.05) is 25.1 Å². The van der Waals surface area contributed by atoms with E-state index < -0.39 is 0 Å². The zero-order valence-electron chi connectivity index (χ0n) is 11.6. The van der Waals surface area contributed by atoms with Crippen LogP contribution in [0.4, 0.5) is 11.8 Å². The van der Waals surface area contributed by atoms with E-state index in [1.165, 1.54) is 0 Å². The van der Waals surface area contributed by atoms with Gasteiger partial charge in [-0.05, 0) is 12.8 Å². The molecular formula is C12H21N5O. The summed E-state index contributed by atoms with van der Waals surface area (Å²) < 4.78 is 0. The fraction of sp³-hybridized carbons (Fsp3) is 0.583. The first kappa shape index (κ1) is 14.2. The molecule has 18 heavy (non-hydrogen) atoms. The van der Waals surface area contributed by atoms with Crippen LogP contribution in [0.15, 0.2) is 6.07 Å². The largest absolute Gasteiger partial charge is 0.368 e. The molecular weight excluding hydrogens is 230 g/mol. The lowest BCUT2D eigenvalue weighted by Gasteiger charge is -2.25. The van der Waals surface area contributed by atoms with Crippen LogP contribution in [0.2, 0.25) is 0 Å². The quantitative estimate of drug-likeness (QED) is 0.830. The molecule has 0 spiro atoms. The topological polar surface area (TPSA) is 84.1 Å². The minimum atomic E-state index is -0.325. The van der Waals surface area contributed by atoms with Crippen LogP contribution < -0.4 is 11.1 Å². The highest BCUT2D eigenvalue weighted by Gasteiger charge is 2.24. The number of nitrogen functional groups attached to an aromatic ring is 1. The Kier molecular flexibility index (Phi) is 4.47. The zero-order chi connectivity index (χ0) is 13.9. The minimum Gasteiger partial charge on any atom is -0.368 e. The summed E-state index contributed by atoms with van der Waals surface area (Å²) >= 11 is 0. The van der Waals surface area contributed by atoms with Crippen LogP contribution in [-0.2, 0) is 4.79 Å². The molecule has 6 heteroatoms. The lowest BCUT2D eigenvalue weighted by Crippen LogP contribution is -2.42. The Bertz CT molecular complexity index is 410. The van der Waals surface area contributed by atoms with Crippen LogP contribution in [0.5, 0.6) is 0 Å². The number of nitrogens with zero attached hydrogens (tertiary/aromatic N) is 3. The van der Waals surface area contributed by atoms with E-state index in [9.17, 15) is 4.79 Å². The fourth-order valence-electron chi connectivity index (χ4n) is 1.62. The first-order valence-electron chi connectivity index (χ1n) is 5.90. The molecule has 0 aliphatic carbocycles. The Morgan fingerprint density at radius 1 is 1.39 bits per heavy atom. The number of aromatic nitrogens is 2. The van der Waals surface area contributed by atoms with E-state index in [-0.39, 0.29) is 23.8 Å². The predicted octanol–water partition coefficient (Wildman–Crippen LogP) is 0.892. The third-order valence-electron chi connectivity index (χ3n) is 2.55. The van der Waals surface area contributed by atoms with E-state index in [1.807, 2.05) is 20.8 Å². The first-order valence-corrected chi connectivity index (χ1v) is 5.90. The van der Waals surface area contributed by atoms with Crippen molar-refractivity contribution in [1.29, 1.82) is 0 Å². The van der Waals surface area contributed by atoms with Crippen molar-refractivity contribution < 1.29 is 4.79 Å². The lowest BCUT2D eigenvalue weighted by molar-refractivity contribution is -0.130. The van der Waals surface area contributed by atoms with Gasteiger partial charge >= 0.3 is 0 Å². The van der Waals surface area contributed by atoms with Crippen LogP contribution >= 0.6 is 0 Å². The number of nitrogens with two attached hydrogens (primary N) is 1. The molecule has 0 unspecified atom stereocenters. The van der Waals surface area contributed by atoms with E-state index in [4.69, 9.17) is 5.73 Å². The molecule has 0 fully saturated rings. The normalized spacial score (nSPS) is 12.3. The van der Waals surface area contributed by atoms with Gasteiger partial charge in [0.25, 0.3) is 0 Å². The van der Waals surface area contributed by atoms with Crippen LogP contribution in [0.3, 0.4) is 0 Å². The molecule has 0 aliphatic heterocycles. The van der Waals surface area contributed by atoms with E-state index >= 15 is 0 Å². The minimum absolute atomic E-state index is 0.0137. The van der Waals surface area contributed by atoms with Crippen LogP contribution in [0, 0.1) is 12.8 Å². The van der Waals surface area contributed by atoms with Gasteiger partial charge in [0, 0.05) is 25.9 Å². The summed E-state index contributed by atoms with van der Waals surface area (Å²) in [6.07, 6.45) is 0. The molecule has 1 aromatic heterocycles. The van der Waals surface area contributed by atoms with Crippen molar-refractivity contribution in [2.24, 2.45) is 5.92 Å². The molecule has 1 heterocycles. The molecule has 0 saturated heterocycles. The number of anilines is 2. The van der Waals surface area contributed by atoms with Crippen molar-refractivity contribution in [3.05, 3.63) is 11.8 Å². The van der Waals surface area contributed by atoms with Gasteiger partial charge in [0.15, 0.2) is 0 Å². The number of nitrogens with one attached hydrogen (secondary N) is 1. The van der Waals surface area contributed by atoms with E-state index in [0.29, 0.717) is 5.82 Å². The first-order chi connectivity index (χ1) is 8.31. The van der Waals surface area contributed by atoms with Crippen LogP contribution in [0.25, 0.3) is 0 Å². The Balaban J connectivity index is 2.93. The summed E-state index contributed by atoms with van der Waals surface area (Å²) in [4.78, 5) is 21.7. The molecule has 6 nitrogen and oxygen atoms in total. The van der Waals surface area contributed by atoms with Crippen LogP contribution in [-0.4, -0.2) is 40.9 Å². The molecule has 1 atom stereocenters. The smallest absolute Gasteiger partial charge is 0.244 e. The van der Waals surface area contributed by atoms with Crippen molar-refractivity contribution in [2.45, 2.75) is 26.8 Å². The van der Waals surface area contributed by atoms with Crippen molar-refractivity contribution in [1.82, 2.24) is 14.9 Å². The van der Waals surface area contributed by atoms with Crippen molar-refractivity contribution >= 4 is 17.7 Å². The number of carbonyl (C=O) groups excluding carboxylic acids is 1. The van der Waals surface area contributed by atoms with Gasteiger partial charge in [-0.2, -0.15) is 4.98 Å². The highest BCUT2D eigenvalue weighted by Crippen LogP contribution is 2.14. The maximum atomic E-state index is 12.0. The molecule has 100 valence electrons. The number of rotatable bonds is 4. The van der Waals surface area contributed by atoms with E-state index in [2.05, 4.69) is 15.3 Å². The SMILES string of the molecule is Cc1cc(N[C@@H](C(=O)N(C)C)C(C)C)nc(N)n1. The number of hydrogen-bond donors (Lipinski definition) is 2. The standard InChI is InChI=1S/C12H21N5O/c1-7(2)10(11(18)17(4)5)15-9-6-8(3)14-12(13)16-9/h6-7,10H,1-5H3,(H3,13,14,15,16)/t10-/m1/s1. The summed E-state index contributed by atoms with van der Waals surface area (Å²) in [5.74, 6) is 0.947. The third kappa shape index (κ3) is 3.58. The Morgan fingerprint density at radius 2 is 2.00 bits per heavy atom. The monoisotopic (exact) mass is 251 g/mol. The molecule has 1 aromatic rings. The average molecular weight is 251 g/mol. The second-order valence-electron chi connectivity index (χ2n) is 4.85. The van der Waals surface area contributed by atoms with E-state index in [1.54, 1.807) is 25.1 Å². The molecule has 0 bridgehead atoms. The molecule has 1 rings (SSSR count). The number of amides is 1. The maximum Gasteiger partial charge on any atom is 0.244 e. The van der Waals surface area contributed by atoms with Gasteiger partial charge < -0.3 is 16.0 Å². The van der Waals surface area contributed by atoms with Crippen LogP contribution in [0.1, 0.15) is 19.5 Å². The average Bonchev–Trinajstić information content (AvgIpc) is 2.23. The molecule has 1 amide bonds. The molecule has 0 aromatic carbocycles. The third-order valence-corrected chi connectivity index (χ3v) is 2.55. The number of aryl methyl sites for hydroxylation is 1. The maximum absolute atomic E-state index is 12.0. The highest BCUT2D eigenvalue weighted by atomic mass is 16.2. The molecule has 0 radical (unpaired) electrons. The number of hydrogen-bond acceptors (Lipinski definition) is 5. The van der Waals surface area contributed by atoms with Gasteiger partial charge in [-0.15, -0.1) is 0 Å². The fourth-order valence-corrected chi connectivity index (χ4v) is 1.62. The number of likely N-dealkylation sites (N-methyl/N-ethyl adjacent to an activating group) is 1. The van der Waals surface area contributed by atoms with Gasteiger partial charge in [0.2, 0.25) is 11.9 Å². The summed E-state index contributed by atoms with van der Waals surface area (Å²) in [7, 11) is 3.47. The lowest BCUT2D eigenvalue weighted by atomic mass is 10.0. The van der Waals surface area contributed by atoms with Gasteiger partial charge in [0.1, 0.15) is 11.9 Å². The van der Waals surface area contributed by atoms with Crippen molar-refractivity contribution in [3.8, 4) is 0 Å². The predicted molar refractivity (Wildman–Crippen MR) is 72.1 cm³/mol. The van der Waals surface area contributed by atoms with Crippen molar-refractivity contribution in [3.63, 3.8) is 0 Å². The number of carbonyl (C=O) groups is 1. The van der Waals surface area contributed by atoms with Gasteiger partial charge in [-0.3, -0.25) is 4.79 Å². The highest BCUT2D eigenvalue weighted by molar-refractivity contribution is 5.84. The van der Waals surface area contributed by atoms with Gasteiger partial charge in [-0.25, -0.2) is 4.98 Å². The molecule has 0 aliphatic rings. The van der Waals surface area contributed by atoms with E-state index in [0.717, 1.165) is 5.69 Å². The zero-order valence-corrected chi connectivity index (χ0v) is 11.6.